The molecule has 0 atom stereocenters. The van der Waals surface area contributed by atoms with Crippen LogP contribution in [0.2, 0.25) is 0 Å². The molecule has 0 aromatic heterocycles. The van der Waals surface area contributed by atoms with Gasteiger partial charge in [0.15, 0.2) is 0 Å². The van der Waals surface area contributed by atoms with E-state index in [4.69, 9.17) is 4.74 Å². The Hall–Kier alpha value is -1.83. The van der Waals surface area contributed by atoms with Gasteiger partial charge in [-0.3, -0.25) is 14.8 Å². The number of sulfonamides is 1. The van der Waals surface area contributed by atoms with Gasteiger partial charge in [0, 0.05) is 10.6 Å². The van der Waals surface area contributed by atoms with Gasteiger partial charge >= 0.3 is 5.88 Å². The van der Waals surface area contributed by atoms with Gasteiger partial charge in [-0.25, -0.2) is 0 Å². The highest BCUT2D eigenvalue weighted by atomic mass is 32.2. The highest BCUT2D eigenvalue weighted by Gasteiger charge is 2.17. The first-order chi connectivity index (χ1) is 7.43. The van der Waals surface area contributed by atoms with Crippen molar-refractivity contribution < 1.29 is 18.1 Å². The van der Waals surface area contributed by atoms with Crippen molar-refractivity contribution in [2.24, 2.45) is 0 Å². The lowest BCUT2D eigenvalue weighted by Gasteiger charge is -2.05. The van der Waals surface area contributed by atoms with E-state index in [0.717, 1.165) is 0 Å². The number of benzene rings is 1. The van der Waals surface area contributed by atoms with Gasteiger partial charge in [-0.1, -0.05) is 0 Å². The number of nitrogens with one attached hydrogen (secondary N) is 1. The number of nitro groups is 1. The Morgan fingerprint density at radius 1 is 1.38 bits per heavy atom. The summed E-state index contributed by atoms with van der Waals surface area (Å²) < 4.78 is 29.3. The van der Waals surface area contributed by atoms with Crippen LogP contribution in [0, 0.1) is 10.1 Å². The second-order valence-corrected chi connectivity index (χ2v) is 4.60. The molecule has 16 heavy (non-hydrogen) atoms. The Morgan fingerprint density at radius 2 is 1.94 bits per heavy atom. The SMILES string of the molecule is COc1ccc(NS(=O)(=O)C[N+](=O)[O-])cc1. The van der Waals surface area contributed by atoms with E-state index < -0.39 is 20.8 Å². The lowest BCUT2D eigenvalue weighted by atomic mass is 10.3. The van der Waals surface area contributed by atoms with E-state index in [2.05, 4.69) is 4.72 Å². The molecular formula is C8H10N2O5S. The predicted molar refractivity (Wildman–Crippen MR) is 57.4 cm³/mol. The zero-order valence-corrected chi connectivity index (χ0v) is 9.23. The van der Waals surface area contributed by atoms with Gasteiger partial charge in [0.1, 0.15) is 5.75 Å². The number of methoxy groups -OCH3 is 1. The van der Waals surface area contributed by atoms with Crippen molar-refractivity contribution in [3.05, 3.63) is 34.4 Å². The monoisotopic (exact) mass is 246 g/mol. The maximum Gasteiger partial charge on any atom is 0.319 e. The van der Waals surface area contributed by atoms with Crippen LogP contribution in [-0.2, 0) is 10.0 Å². The average molecular weight is 246 g/mol. The number of ether oxygens (including phenoxy) is 1. The summed E-state index contributed by atoms with van der Waals surface area (Å²) in [7, 11) is -2.47. The third-order valence-corrected chi connectivity index (χ3v) is 2.74. The molecule has 0 saturated carbocycles. The lowest BCUT2D eigenvalue weighted by Crippen LogP contribution is -2.21. The van der Waals surface area contributed by atoms with Crippen LogP contribution in [0.25, 0.3) is 0 Å². The third kappa shape index (κ3) is 3.73. The van der Waals surface area contributed by atoms with Gasteiger partial charge in [-0.2, -0.15) is 8.42 Å². The van der Waals surface area contributed by atoms with Crippen molar-refractivity contribution in [2.45, 2.75) is 0 Å². The lowest BCUT2D eigenvalue weighted by molar-refractivity contribution is -0.458. The highest BCUT2D eigenvalue weighted by Crippen LogP contribution is 2.16. The van der Waals surface area contributed by atoms with Crippen LogP contribution in [0.5, 0.6) is 5.75 Å². The van der Waals surface area contributed by atoms with E-state index in [1.165, 1.54) is 19.2 Å². The molecule has 0 aliphatic carbocycles. The van der Waals surface area contributed by atoms with Gasteiger partial charge in [0.05, 0.1) is 7.11 Å². The van der Waals surface area contributed by atoms with Crippen molar-refractivity contribution in [1.29, 1.82) is 0 Å². The zero-order valence-electron chi connectivity index (χ0n) is 8.41. The summed E-state index contributed by atoms with van der Waals surface area (Å²) in [5.41, 5.74) is 0.252. The molecule has 0 heterocycles. The molecule has 1 rings (SSSR count). The Bertz CT molecular complexity index is 468. The molecule has 8 heteroatoms. The number of hydrogen-bond acceptors (Lipinski definition) is 5. The summed E-state index contributed by atoms with van der Waals surface area (Å²) in [6.45, 7) is 0. The van der Waals surface area contributed by atoms with Crippen molar-refractivity contribution in [1.82, 2.24) is 0 Å². The van der Waals surface area contributed by atoms with E-state index in [1.807, 2.05) is 0 Å². The van der Waals surface area contributed by atoms with Gasteiger partial charge in [-0.05, 0) is 24.3 Å². The van der Waals surface area contributed by atoms with Gasteiger partial charge in [0.2, 0.25) is 0 Å². The summed E-state index contributed by atoms with van der Waals surface area (Å²) in [4.78, 5) is 9.16. The standard InChI is InChI=1S/C8H10N2O5S/c1-15-8-4-2-7(3-5-8)9-16(13,14)6-10(11)12/h2-5,9H,6H2,1H3. The molecule has 1 aromatic rings. The summed E-state index contributed by atoms with van der Waals surface area (Å²) in [5.74, 6) is -0.587. The first-order valence-corrected chi connectivity index (χ1v) is 5.84. The molecule has 1 aromatic carbocycles. The van der Waals surface area contributed by atoms with Crippen LogP contribution in [0.15, 0.2) is 24.3 Å². The van der Waals surface area contributed by atoms with E-state index in [-0.39, 0.29) is 5.69 Å². The van der Waals surface area contributed by atoms with Crippen molar-refractivity contribution >= 4 is 15.7 Å². The fourth-order valence-corrected chi connectivity index (χ4v) is 1.85. The zero-order chi connectivity index (χ0) is 12.2. The van der Waals surface area contributed by atoms with Crippen LogP contribution in [0.4, 0.5) is 5.69 Å². The smallest absolute Gasteiger partial charge is 0.319 e. The molecular weight excluding hydrogens is 236 g/mol. The van der Waals surface area contributed by atoms with Gasteiger partial charge in [0.25, 0.3) is 10.0 Å². The van der Waals surface area contributed by atoms with Crippen LogP contribution in [-0.4, -0.2) is 26.3 Å². The number of rotatable bonds is 5. The molecule has 0 aliphatic rings. The van der Waals surface area contributed by atoms with Gasteiger partial charge < -0.3 is 4.74 Å². The third-order valence-electron chi connectivity index (χ3n) is 1.64. The number of anilines is 1. The minimum atomic E-state index is -3.94. The molecule has 0 saturated heterocycles. The van der Waals surface area contributed by atoms with E-state index >= 15 is 0 Å². The summed E-state index contributed by atoms with van der Waals surface area (Å²) in [6, 6.07) is 6.00. The van der Waals surface area contributed by atoms with E-state index in [1.54, 1.807) is 12.1 Å². The Morgan fingerprint density at radius 3 is 2.38 bits per heavy atom. The molecule has 0 bridgehead atoms. The maximum atomic E-state index is 11.2. The molecule has 0 radical (unpaired) electrons. The maximum absolute atomic E-state index is 11.2. The summed E-state index contributed by atoms with van der Waals surface area (Å²) in [6.07, 6.45) is 0. The number of hydrogen-bond donors (Lipinski definition) is 1. The molecule has 7 nitrogen and oxygen atoms in total. The Labute approximate surface area is 92.2 Å². The predicted octanol–water partition coefficient (Wildman–Crippen LogP) is 0.671. The second kappa shape index (κ2) is 4.79. The first kappa shape index (κ1) is 12.2. The highest BCUT2D eigenvalue weighted by molar-refractivity contribution is 7.92. The van der Waals surface area contributed by atoms with Crippen LogP contribution < -0.4 is 9.46 Å². The molecule has 0 unspecified atom stereocenters. The van der Waals surface area contributed by atoms with Crippen LogP contribution in [0.3, 0.4) is 0 Å². The molecule has 0 spiro atoms. The van der Waals surface area contributed by atoms with E-state index in [0.29, 0.717) is 5.75 Å². The minimum Gasteiger partial charge on any atom is -0.497 e. The van der Waals surface area contributed by atoms with Crippen molar-refractivity contribution in [3.8, 4) is 5.75 Å². The minimum absolute atomic E-state index is 0.252. The largest absolute Gasteiger partial charge is 0.497 e. The fraction of sp³-hybridized carbons (Fsp3) is 0.250. The molecule has 0 amide bonds. The topological polar surface area (TPSA) is 98.5 Å². The van der Waals surface area contributed by atoms with Crippen LogP contribution >= 0.6 is 0 Å². The van der Waals surface area contributed by atoms with Crippen molar-refractivity contribution in [2.75, 3.05) is 17.7 Å². The average Bonchev–Trinajstić information content (AvgIpc) is 2.16. The van der Waals surface area contributed by atoms with Crippen molar-refractivity contribution in [3.63, 3.8) is 0 Å². The molecule has 0 fully saturated rings. The Kier molecular flexibility index (Phi) is 3.67. The summed E-state index contributed by atoms with van der Waals surface area (Å²) in [5, 5.41) is 10.1. The molecule has 1 N–H and O–H groups in total. The van der Waals surface area contributed by atoms with E-state index in [9.17, 15) is 18.5 Å². The second-order valence-electron chi connectivity index (χ2n) is 2.91. The quantitative estimate of drug-likeness (QED) is 0.608. The molecule has 0 aliphatic heterocycles. The Balaban J connectivity index is 2.76. The first-order valence-electron chi connectivity index (χ1n) is 4.19. The molecule has 88 valence electrons. The van der Waals surface area contributed by atoms with Gasteiger partial charge in [-0.15, -0.1) is 0 Å². The normalized spacial score (nSPS) is 10.8. The number of nitrogens with zero attached hydrogens (tertiary/aromatic N) is 1. The van der Waals surface area contributed by atoms with Crippen LogP contribution in [0.1, 0.15) is 0 Å². The summed E-state index contributed by atoms with van der Waals surface area (Å²) >= 11 is 0. The fourth-order valence-electron chi connectivity index (χ4n) is 1.01.